The minimum Gasteiger partial charge on any atom is -0.381 e. The molecular formula is C10H22N2O. The van der Waals surface area contributed by atoms with Gasteiger partial charge in [0.05, 0.1) is 6.61 Å². The van der Waals surface area contributed by atoms with E-state index >= 15 is 0 Å². The predicted molar refractivity (Wildman–Crippen MR) is 54.7 cm³/mol. The molecule has 78 valence electrons. The molecule has 13 heavy (non-hydrogen) atoms. The monoisotopic (exact) mass is 186 g/mol. The van der Waals surface area contributed by atoms with Crippen LogP contribution in [0.15, 0.2) is 0 Å². The van der Waals surface area contributed by atoms with Gasteiger partial charge in [-0.15, -0.1) is 0 Å². The summed E-state index contributed by atoms with van der Waals surface area (Å²) in [6, 6.07) is 0.695. The zero-order valence-corrected chi connectivity index (χ0v) is 8.83. The Labute approximate surface area is 81.2 Å². The highest BCUT2D eigenvalue weighted by atomic mass is 16.5. The van der Waals surface area contributed by atoms with Crippen LogP contribution in [0.4, 0.5) is 0 Å². The molecular weight excluding hydrogens is 164 g/mol. The van der Waals surface area contributed by atoms with Crippen molar-refractivity contribution >= 4 is 0 Å². The molecule has 3 heteroatoms. The van der Waals surface area contributed by atoms with Gasteiger partial charge in [-0.2, -0.15) is 0 Å². The Morgan fingerprint density at radius 1 is 1.46 bits per heavy atom. The summed E-state index contributed by atoms with van der Waals surface area (Å²) in [7, 11) is 0. The van der Waals surface area contributed by atoms with E-state index in [1.54, 1.807) is 0 Å². The Balaban J connectivity index is 1.90. The number of rotatable bonds is 6. The van der Waals surface area contributed by atoms with Gasteiger partial charge in [0, 0.05) is 31.7 Å². The van der Waals surface area contributed by atoms with Crippen LogP contribution in [-0.2, 0) is 4.74 Å². The third-order valence-electron chi connectivity index (χ3n) is 2.56. The normalized spacial score (nSPS) is 19.4. The molecule has 0 aromatic heterocycles. The van der Waals surface area contributed by atoms with Crippen molar-refractivity contribution in [2.45, 2.75) is 26.3 Å². The highest BCUT2D eigenvalue weighted by Gasteiger charge is 2.27. The van der Waals surface area contributed by atoms with Crippen LogP contribution < -0.4 is 5.73 Å². The van der Waals surface area contributed by atoms with Crippen molar-refractivity contribution in [1.82, 2.24) is 4.90 Å². The average Bonchev–Trinajstić information content (AvgIpc) is 2.00. The molecule has 0 bridgehead atoms. The van der Waals surface area contributed by atoms with Gasteiger partial charge in [-0.1, -0.05) is 0 Å². The molecule has 3 nitrogen and oxygen atoms in total. The zero-order valence-electron chi connectivity index (χ0n) is 8.83. The molecule has 0 amide bonds. The molecule has 1 rings (SSSR count). The van der Waals surface area contributed by atoms with Gasteiger partial charge in [0.2, 0.25) is 0 Å². The molecule has 1 saturated heterocycles. The van der Waals surface area contributed by atoms with Crippen molar-refractivity contribution in [1.29, 1.82) is 0 Å². The van der Waals surface area contributed by atoms with Gasteiger partial charge in [-0.25, -0.2) is 0 Å². The Hall–Kier alpha value is -0.120. The lowest BCUT2D eigenvalue weighted by Crippen LogP contribution is -2.51. The van der Waals surface area contributed by atoms with E-state index in [-0.39, 0.29) is 0 Å². The first-order valence-corrected chi connectivity index (χ1v) is 5.26. The van der Waals surface area contributed by atoms with Crippen LogP contribution in [0.5, 0.6) is 0 Å². The second-order valence-electron chi connectivity index (χ2n) is 4.13. The van der Waals surface area contributed by atoms with Gasteiger partial charge >= 0.3 is 0 Å². The van der Waals surface area contributed by atoms with Gasteiger partial charge < -0.3 is 15.4 Å². The fraction of sp³-hybridized carbons (Fsp3) is 1.00. The summed E-state index contributed by atoms with van der Waals surface area (Å²) < 4.78 is 5.50. The van der Waals surface area contributed by atoms with Gasteiger partial charge in [-0.3, -0.25) is 0 Å². The summed E-state index contributed by atoms with van der Waals surface area (Å²) in [6.07, 6.45) is 0.987. The number of hydrogen-bond acceptors (Lipinski definition) is 3. The summed E-state index contributed by atoms with van der Waals surface area (Å²) in [5.74, 6) is 0.764. The lowest BCUT2D eigenvalue weighted by atomic mass is 9.99. The highest BCUT2D eigenvalue weighted by Crippen LogP contribution is 2.18. The predicted octanol–water partition coefficient (Wildman–Crippen LogP) is 0.692. The third-order valence-corrected chi connectivity index (χ3v) is 2.56. The maximum absolute atomic E-state index is 5.50. The van der Waals surface area contributed by atoms with E-state index in [9.17, 15) is 0 Å². The van der Waals surface area contributed by atoms with E-state index in [0.717, 1.165) is 32.1 Å². The first-order chi connectivity index (χ1) is 6.24. The summed E-state index contributed by atoms with van der Waals surface area (Å²) in [4.78, 5) is 2.47. The van der Waals surface area contributed by atoms with Crippen LogP contribution in [0, 0.1) is 5.92 Å². The molecule has 0 saturated carbocycles. The molecule has 0 radical (unpaired) electrons. The number of nitrogens with zero attached hydrogens (tertiary/aromatic N) is 1. The second kappa shape index (κ2) is 5.58. The van der Waals surface area contributed by atoms with E-state index in [4.69, 9.17) is 10.5 Å². The molecule has 0 aromatic rings. The molecule has 0 atom stereocenters. The van der Waals surface area contributed by atoms with Crippen LogP contribution in [0.1, 0.15) is 20.3 Å². The van der Waals surface area contributed by atoms with E-state index in [1.165, 1.54) is 13.1 Å². The molecule has 0 spiro atoms. The maximum atomic E-state index is 5.50. The topological polar surface area (TPSA) is 38.5 Å². The van der Waals surface area contributed by atoms with Crippen LogP contribution in [0.3, 0.4) is 0 Å². The second-order valence-corrected chi connectivity index (χ2v) is 4.13. The summed E-state index contributed by atoms with van der Waals surface area (Å²) in [6.45, 7) is 9.39. The van der Waals surface area contributed by atoms with E-state index in [0.29, 0.717) is 6.04 Å². The number of hydrogen-bond donors (Lipinski definition) is 1. The lowest BCUT2D eigenvalue weighted by Gasteiger charge is -2.41. The quantitative estimate of drug-likeness (QED) is 0.620. The minimum absolute atomic E-state index is 0.695. The van der Waals surface area contributed by atoms with Crippen molar-refractivity contribution in [3.05, 3.63) is 0 Å². The smallest absolute Gasteiger partial charge is 0.0518 e. The number of likely N-dealkylation sites (tertiary alicyclic amines) is 1. The molecule has 1 fully saturated rings. The standard InChI is InChI=1S/C10H22N2O/c1-9(2)12-6-10(7-12)8-13-5-3-4-11/h9-10H,3-8,11H2,1-2H3. The van der Waals surface area contributed by atoms with Crippen molar-refractivity contribution in [3.8, 4) is 0 Å². The van der Waals surface area contributed by atoms with Gasteiger partial charge in [0.15, 0.2) is 0 Å². The minimum atomic E-state index is 0.695. The summed E-state index contributed by atoms with van der Waals surface area (Å²) in [5, 5.41) is 0. The molecule has 2 N–H and O–H groups in total. The highest BCUT2D eigenvalue weighted by molar-refractivity contribution is 4.81. The van der Waals surface area contributed by atoms with E-state index < -0.39 is 0 Å². The number of nitrogens with two attached hydrogens (primary N) is 1. The molecule has 1 heterocycles. The van der Waals surface area contributed by atoms with Gasteiger partial charge in [-0.05, 0) is 26.8 Å². The molecule has 0 unspecified atom stereocenters. The van der Waals surface area contributed by atoms with Crippen molar-refractivity contribution in [2.75, 3.05) is 32.8 Å². The molecule has 1 aliphatic heterocycles. The molecule has 1 aliphatic rings. The van der Waals surface area contributed by atoms with Gasteiger partial charge in [0.25, 0.3) is 0 Å². The van der Waals surface area contributed by atoms with Crippen molar-refractivity contribution < 1.29 is 4.74 Å². The number of ether oxygens (including phenoxy) is 1. The Morgan fingerprint density at radius 2 is 2.15 bits per heavy atom. The fourth-order valence-electron chi connectivity index (χ4n) is 1.57. The largest absolute Gasteiger partial charge is 0.381 e. The first kappa shape index (κ1) is 11.0. The van der Waals surface area contributed by atoms with Crippen molar-refractivity contribution in [3.63, 3.8) is 0 Å². The van der Waals surface area contributed by atoms with E-state index in [2.05, 4.69) is 18.7 Å². The summed E-state index contributed by atoms with van der Waals surface area (Å²) in [5.41, 5.74) is 5.37. The van der Waals surface area contributed by atoms with Crippen molar-refractivity contribution in [2.24, 2.45) is 11.7 Å². The van der Waals surface area contributed by atoms with Crippen LogP contribution in [-0.4, -0.2) is 43.8 Å². The fourth-order valence-corrected chi connectivity index (χ4v) is 1.57. The van der Waals surface area contributed by atoms with Crippen LogP contribution >= 0.6 is 0 Å². The zero-order chi connectivity index (χ0) is 9.68. The third kappa shape index (κ3) is 3.63. The molecule has 0 aliphatic carbocycles. The van der Waals surface area contributed by atoms with Gasteiger partial charge in [0.1, 0.15) is 0 Å². The Bertz CT molecular complexity index is 133. The van der Waals surface area contributed by atoms with Crippen LogP contribution in [0.2, 0.25) is 0 Å². The van der Waals surface area contributed by atoms with E-state index in [1.807, 2.05) is 0 Å². The lowest BCUT2D eigenvalue weighted by molar-refractivity contribution is -0.000682. The average molecular weight is 186 g/mol. The SMILES string of the molecule is CC(C)N1CC(COCCCN)C1. The van der Waals surface area contributed by atoms with Crippen LogP contribution in [0.25, 0.3) is 0 Å². The Kier molecular flexibility index (Phi) is 4.70. The molecule has 0 aromatic carbocycles. The Morgan fingerprint density at radius 3 is 2.69 bits per heavy atom. The first-order valence-electron chi connectivity index (χ1n) is 5.26. The summed E-state index contributed by atoms with van der Waals surface area (Å²) >= 11 is 0. The maximum Gasteiger partial charge on any atom is 0.0518 e.